The zero-order valence-corrected chi connectivity index (χ0v) is 12.9. The molecule has 0 aliphatic carbocycles. The Morgan fingerprint density at radius 1 is 1.19 bits per heavy atom. The van der Waals surface area contributed by atoms with Crippen LogP contribution in [0.1, 0.15) is 11.6 Å². The second-order valence-electron chi connectivity index (χ2n) is 4.44. The van der Waals surface area contributed by atoms with Gasteiger partial charge in [-0.15, -0.1) is 11.8 Å². The fourth-order valence-electron chi connectivity index (χ4n) is 1.78. The van der Waals surface area contributed by atoms with Gasteiger partial charge < -0.3 is 4.52 Å². The summed E-state index contributed by atoms with van der Waals surface area (Å²) in [4.78, 5) is 9.69. The van der Waals surface area contributed by atoms with Crippen molar-refractivity contribution >= 4 is 23.4 Å². The second-order valence-corrected chi connectivity index (χ2v) is 5.93. The predicted octanol–water partition coefficient (Wildman–Crippen LogP) is 4.39. The van der Waals surface area contributed by atoms with Crippen LogP contribution in [0.3, 0.4) is 0 Å². The van der Waals surface area contributed by atoms with Crippen LogP contribution in [0.5, 0.6) is 0 Å². The van der Waals surface area contributed by atoms with Crippen molar-refractivity contribution in [3.8, 4) is 11.4 Å². The summed E-state index contributed by atoms with van der Waals surface area (Å²) < 4.78 is 5.27. The molecule has 4 nitrogen and oxygen atoms in total. The number of aromatic nitrogens is 3. The molecule has 0 aliphatic rings. The van der Waals surface area contributed by atoms with E-state index < -0.39 is 0 Å². The van der Waals surface area contributed by atoms with Crippen molar-refractivity contribution in [1.29, 1.82) is 0 Å². The lowest BCUT2D eigenvalue weighted by Gasteiger charge is -1.98. The summed E-state index contributed by atoms with van der Waals surface area (Å²) in [6.07, 6.45) is 1.80. The van der Waals surface area contributed by atoms with Crippen LogP contribution in [0.15, 0.2) is 52.0 Å². The number of nitrogens with zero attached hydrogens (tertiary/aromatic N) is 3. The maximum Gasteiger partial charge on any atom is 0.237 e. The first-order chi connectivity index (χ1) is 10.2. The monoisotopic (exact) mass is 317 g/mol. The van der Waals surface area contributed by atoms with E-state index in [2.05, 4.69) is 15.1 Å². The van der Waals surface area contributed by atoms with Crippen molar-refractivity contribution in [2.45, 2.75) is 17.6 Å². The maximum atomic E-state index is 5.86. The van der Waals surface area contributed by atoms with E-state index >= 15 is 0 Å². The van der Waals surface area contributed by atoms with E-state index in [9.17, 15) is 0 Å². The molecule has 0 unspecified atom stereocenters. The van der Waals surface area contributed by atoms with Crippen LogP contribution in [0.25, 0.3) is 11.4 Å². The Balaban J connectivity index is 1.69. The van der Waals surface area contributed by atoms with Gasteiger partial charge in [0.15, 0.2) is 0 Å². The van der Waals surface area contributed by atoms with Gasteiger partial charge in [0.05, 0.1) is 5.75 Å². The molecule has 6 heteroatoms. The molecule has 0 N–H and O–H groups in total. The first kappa shape index (κ1) is 14.1. The lowest BCUT2D eigenvalue weighted by atomic mass is 10.2. The highest BCUT2D eigenvalue weighted by Gasteiger charge is 2.09. The third-order valence-electron chi connectivity index (χ3n) is 2.80. The molecule has 106 valence electrons. The Morgan fingerprint density at radius 3 is 2.76 bits per heavy atom. The van der Waals surface area contributed by atoms with Crippen molar-refractivity contribution in [3.63, 3.8) is 0 Å². The second kappa shape index (κ2) is 6.28. The number of pyridine rings is 1. The van der Waals surface area contributed by atoms with Crippen LogP contribution in [-0.2, 0) is 5.75 Å². The van der Waals surface area contributed by atoms with Gasteiger partial charge in [-0.1, -0.05) is 16.8 Å². The average Bonchev–Trinajstić information content (AvgIpc) is 2.95. The van der Waals surface area contributed by atoms with Gasteiger partial charge in [-0.2, -0.15) is 4.98 Å². The summed E-state index contributed by atoms with van der Waals surface area (Å²) in [6.45, 7) is 1.97. The highest BCUT2D eigenvalue weighted by Crippen LogP contribution is 2.24. The number of rotatable bonds is 4. The Kier molecular flexibility index (Phi) is 4.22. The Labute approximate surface area is 131 Å². The molecule has 0 atom stereocenters. The number of thioether (sulfide) groups is 1. The van der Waals surface area contributed by atoms with Crippen LogP contribution in [0.2, 0.25) is 5.02 Å². The van der Waals surface area contributed by atoms with Gasteiger partial charge in [0.25, 0.3) is 0 Å². The summed E-state index contributed by atoms with van der Waals surface area (Å²) in [5, 5.41) is 4.68. The molecule has 0 saturated heterocycles. The third kappa shape index (κ3) is 3.62. The molecule has 3 aromatic rings. The SMILES string of the molecule is Cc1cc(SCc2nc(-c3ccc(Cl)cc3)no2)ccn1. The quantitative estimate of drug-likeness (QED) is 0.668. The minimum atomic E-state index is 0.577. The molecular weight excluding hydrogens is 306 g/mol. The van der Waals surface area contributed by atoms with Gasteiger partial charge in [0, 0.05) is 27.4 Å². The zero-order chi connectivity index (χ0) is 14.7. The van der Waals surface area contributed by atoms with Crippen molar-refractivity contribution in [2.24, 2.45) is 0 Å². The van der Waals surface area contributed by atoms with E-state index in [-0.39, 0.29) is 0 Å². The van der Waals surface area contributed by atoms with Crippen LogP contribution in [0, 0.1) is 6.92 Å². The van der Waals surface area contributed by atoms with Crippen LogP contribution in [0.4, 0.5) is 0 Å². The van der Waals surface area contributed by atoms with Gasteiger partial charge in [-0.05, 0) is 43.3 Å². The third-order valence-corrected chi connectivity index (χ3v) is 4.03. The molecule has 0 bridgehead atoms. The molecule has 0 fully saturated rings. The van der Waals surface area contributed by atoms with Crippen LogP contribution >= 0.6 is 23.4 Å². The molecule has 3 rings (SSSR count). The van der Waals surface area contributed by atoms with Gasteiger partial charge in [0.1, 0.15) is 0 Å². The first-order valence-electron chi connectivity index (χ1n) is 6.35. The Hall–Kier alpha value is -1.85. The van der Waals surface area contributed by atoms with Crippen molar-refractivity contribution in [1.82, 2.24) is 15.1 Å². The highest BCUT2D eigenvalue weighted by atomic mass is 35.5. The fraction of sp³-hybridized carbons (Fsp3) is 0.133. The van der Waals surface area contributed by atoms with Crippen LogP contribution in [-0.4, -0.2) is 15.1 Å². The van der Waals surface area contributed by atoms with Gasteiger partial charge in [-0.3, -0.25) is 4.98 Å². The molecule has 0 saturated carbocycles. The smallest absolute Gasteiger partial charge is 0.237 e. The minimum absolute atomic E-state index is 0.577. The zero-order valence-electron chi connectivity index (χ0n) is 11.3. The summed E-state index contributed by atoms with van der Waals surface area (Å²) in [7, 11) is 0. The van der Waals surface area contributed by atoms with Gasteiger partial charge in [-0.25, -0.2) is 0 Å². The molecule has 0 aliphatic heterocycles. The summed E-state index contributed by atoms with van der Waals surface area (Å²) >= 11 is 7.50. The predicted molar refractivity (Wildman–Crippen MR) is 83.3 cm³/mol. The average molecular weight is 318 g/mol. The van der Waals surface area contributed by atoms with E-state index in [1.807, 2.05) is 31.2 Å². The summed E-state index contributed by atoms with van der Waals surface area (Å²) in [5.74, 6) is 1.80. The molecule has 21 heavy (non-hydrogen) atoms. The largest absolute Gasteiger partial charge is 0.338 e. The molecule has 2 aromatic heterocycles. The molecule has 0 spiro atoms. The normalized spacial score (nSPS) is 10.8. The van der Waals surface area contributed by atoms with Gasteiger partial charge >= 0.3 is 0 Å². The standard InChI is InChI=1S/C15H12ClN3OS/c1-10-8-13(6-7-17-10)21-9-14-18-15(19-20-14)11-2-4-12(16)5-3-11/h2-8H,9H2,1H3. The molecule has 1 aromatic carbocycles. The minimum Gasteiger partial charge on any atom is -0.338 e. The maximum absolute atomic E-state index is 5.86. The lowest BCUT2D eigenvalue weighted by Crippen LogP contribution is -1.84. The van der Waals surface area contributed by atoms with Crippen molar-refractivity contribution in [3.05, 3.63) is 59.2 Å². The van der Waals surface area contributed by atoms with E-state index in [1.165, 1.54) is 0 Å². The molecular formula is C15H12ClN3OS. The molecule has 2 heterocycles. The molecule has 0 amide bonds. The Bertz CT molecular complexity index is 743. The van der Waals surface area contributed by atoms with E-state index in [0.717, 1.165) is 16.2 Å². The van der Waals surface area contributed by atoms with Crippen molar-refractivity contribution in [2.75, 3.05) is 0 Å². The number of benzene rings is 1. The van der Waals surface area contributed by atoms with Crippen molar-refractivity contribution < 1.29 is 4.52 Å². The fourth-order valence-corrected chi connectivity index (χ4v) is 2.73. The first-order valence-corrected chi connectivity index (χ1v) is 7.71. The number of hydrogen-bond donors (Lipinski definition) is 0. The van der Waals surface area contributed by atoms with Crippen LogP contribution < -0.4 is 0 Å². The van der Waals surface area contributed by atoms with Gasteiger partial charge in [0.2, 0.25) is 11.7 Å². The van der Waals surface area contributed by atoms with E-state index in [4.69, 9.17) is 16.1 Å². The molecule has 0 radical (unpaired) electrons. The number of aryl methyl sites for hydroxylation is 1. The lowest BCUT2D eigenvalue weighted by molar-refractivity contribution is 0.391. The van der Waals surface area contributed by atoms with E-state index in [0.29, 0.717) is 22.5 Å². The Morgan fingerprint density at radius 2 is 2.00 bits per heavy atom. The number of hydrogen-bond acceptors (Lipinski definition) is 5. The van der Waals surface area contributed by atoms with E-state index in [1.54, 1.807) is 30.1 Å². The summed E-state index contributed by atoms with van der Waals surface area (Å²) in [5.41, 5.74) is 1.88. The number of halogens is 1. The summed E-state index contributed by atoms with van der Waals surface area (Å²) in [6, 6.07) is 11.4. The topological polar surface area (TPSA) is 51.8 Å². The highest BCUT2D eigenvalue weighted by molar-refractivity contribution is 7.98.